The van der Waals surface area contributed by atoms with E-state index in [-0.39, 0.29) is 10.8 Å². The van der Waals surface area contributed by atoms with Gasteiger partial charge in [-0.05, 0) is 30.2 Å². The van der Waals surface area contributed by atoms with Crippen LogP contribution in [0, 0.1) is 0 Å². The van der Waals surface area contributed by atoms with E-state index < -0.39 is 12.1 Å². The van der Waals surface area contributed by atoms with Gasteiger partial charge in [-0.3, -0.25) is 4.79 Å². The molecule has 2 rings (SSSR count). The normalized spacial score (nSPS) is 11.3. The summed E-state index contributed by atoms with van der Waals surface area (Å²) in [5, 5.41) is -0.138. The van der Waals surface area contributed by atoms with Crippen LogP contribution in [0.15, 0.2) is 42.5 Å². The summed E-state index contributed by atoms with van der Waals surface area (Å²) in [7, 11) is 0. The number of Topliss-reactive ketones (excluding diaryl/α,β-unsaturated/α-hetero) is 1. The maximum atomic E-state index is 12.2. The lowest BCUT2D eigenvalue weighted by Gasteiger charge is -2.11. The second kappa shape index (κ2) is 5.77. The average molecular weight is 315 g/mol. The Balaban J connectivity index is 2.29. The van der Waals surface area contributed by atoms with Crippen LogP contribution >= 0.6 is 11.6 Å². The Kier molecular flexibility index (Phi) is 4.23. The van der Waals surface area contributed by atoms with Gasteiger partial charge in [0.05, 0.1) is 5.02 Å². The zero-order chi connectivity index (χ0) is 15.6. The van der Waals surface area contributed by atoms with E-state index in [1.807, 2.05) is 0 Å². The van der Waals surface area contributed by atoms with E-state index in [9.17, 15) is 18.0 Å². The number of ketones is 1. The van der Waals surface area contributed by atoms with Crippen molar-refractivity contribution in [2.24, 2.45) is 0 Å². The molecule has 0 N–H and O–H groups in total. The topological polar surface area (TPSA) is 26.3 Å². The first-order valence-corrected chi connectivity index (χ1v) is 6.31. The highest BCUT2D eigenvalue weighted by atomic mass is 35.5. The summed E-state index contributed by atoms with van der Waals surface area (Å²) < 4.78 is 40.3. The van der Waals surface area contributed by atoms with Gasteiger partial charge >= 0.3 is 6.36 Å². The van der Waals surface area contributed by atoms with Crippen LogP contribution in [-0.2, 0) is 0 Å². The number of carbonyl (C=O) groups is 1. The van der Waals surface area contributed by atoms with Gasteiger partial charge in [-0.15, -0.1) is 13.2 Å². The highest BCUT2D eigenvalue weighted by molar-refractivity contribution is 6.32. The molecule has 0 aliphatic heterocycles. The lowest BCUT2D eigenvalue weighted by molar-refractivity contribution is -0.274. The minimum atomic E-state index is -4.78. The molecule has 0 bridgehead atoms. The highest BCUT2D eigenvalue weighted by Crippen LogP contribution is 2.33. The zero-order valence-electron chi connectivity index (χ0n) is 10.9. The van der Waals surface area contributed by atoms with Crippen LogP contribution in [0.2, 0.25) is 5.02 Å². The number of carbonyl (C=O) groups excluding carboxylic acids is 1. The molecule has 0 saturated heterocycles. The van der Waals surface area contributed by atoms with E-state index in [1.54, 1.807) is 24.3 Å². The van der Waals surface area contributed by atoms with E-state index in [4.69, 9.17) is 11.6 Å². The molecule has 2 aromatic rings. The van der Waals surface area contributed by atoms with Crippen molar-refractivity contribution in [3.63, 3.8) is 0 Å². The Hall–Kier alpha value is -2.01. The van der Waals surface area contributed by atoms with Crippen molar-refractivity contribution in [3.8, 4) is 16.9 Å². The molecule has 6 heteroatoms. The summed E-state index contributed by atoms with van der Waals surface area (Å²) in [6.07, 6.45) is -4.78. The van der Waals surface area contributed by atoms with Crippen LogP contribution in [0.1, 0.15) is 17.3 Å². The van der Waals surface area contributed by atoms with Gasteiger partial charge in [0.25, 0.3) is 0 Å². The van der Waals surface area contributed by atoms with Gasteiger partial charge in [0.2, 0.25) is 0 Å². The van der Waals surface area contributed by atoms with Crippen LogP contribution in [0.25, 0.3) is 11.1 Å². The zero-order valence-corrected chi connectivity index (χ0v) is 11.6. The first-order valence-electron chi connectivity index (χ1n) is 5.93. The molecule has 0 saturated carbocycles. The highest BCUT2D eigenvalue weighted by Gasteiger charge is 2.32. The summed E-state index contributed by atoms with van der Waals surface area (Å²) in [4.78, 5) is 11.2. The molecule has 2 aromatic carbocycles. The molecule has 0 aromatic heterocycles. The lowest BCUT2D eigenvalue weighted by atomic mass is 10.0. The summed E-state index contributed by atoms with van der Waals surface area (Å²) in [6, 6.07) is 10.7. The van der Waals surface area contributed by atoms with Crippen molar-refractivity contribution in [2.45, 2.75) is 13.3 Å². The predicted molar refractivity (Wildman–Crippen MR) is 73.6 cm³/mol. The van der Waals surface area contributed by atoms with E-state index in [2.05, 4.69) is 4.74 Å². The minimum Gasteiger partial charge on any atom is -0.404 e. The SMILES string of the molecule is CC(=O)c1ccc(-c2ccc(OC(F)(F)F)c(Cl)c2)cc1. The molecule has 0 fully saturated rings. The maximum absolute atomic E-state index is 12.2. The fourth-order valence-electron chi connectivity index (χ4n) is 1.79. The number of ether oxygens (including phenoxy) is 1. The number of hydrogen-bond acceptors (Lipinski definition) is 2. The third-order valence-corrected chi connectivity index (χ3v) is 3.08. The summed E-state index contributed by atoms with van der Waals surface area (Å²) in [6.45, 7) is 1.45. The van der Waals surface area contributed by atoms with Crippen LogP contribution in [0.3, 0.4) is 0 Å². The molecular formula is C15H10ClF3O2. The van der Waals surface area contributed by atoms with Crippen LogP contribution in [0.5, 0.6) is 5.75 Å². The average Bonchev–Trinajstić information content (AvgIpc) is 2.40. The van der Waals surface area contributed by atoms with Crippen LogP contribution < -0.4 is 4.74 Å². The largest absolute Gasteiger partial charge is 0.573 e. The number of rotatable bonds is 3. The van der Waals surface area contributed by atoms with Gasteiger partial charge in [0.1, 0.15) is 5.75 Å². The molecule has 0 radical (unpaired) electrons. The molecule has 0 unspecified atom stereocenters. The number of halogens is 4. The standard InChI is InChI=1S/C15H10ClF3O2/c1-9(20)10-2-4-11(5-3-10)12-6-7-14(13(16)8-12)21-15(17,18)19/h2-8H,1H3. The van der Waals surface area contributed by atoms with Crippen molar-refractivity contribution in [3.05, 3.63) is 53.1 Å². The van der Waals surface area contributed by atoms with Crippen molar-refractivity contribution < 1.29 is 22.7 Å². The third kappa shape index (κ3) is 3.98. The maximum Gasteiger partial charge on any atom is 0.573 e. The van der Waals surface area contributed by atoms with Gasteiger partial charge < -0.3 is 4.74 Å². The van der Waals surface area contributed by atoms with Gasteiger partial charge in [-0.2, -0.15) is 0 Å². The van der Waals surface area contributed by atoms with Crippen molar-refractivity contribution >= 4 is 17.4 Å². The second-order valence-corrected chi connectivity index (χ2v) is 4.73. The Bertz CT molecular complexity index is 664. The molecule has 0 amide bonds. The monoisotopic (exact) mass is 314 g/mol. The molecule has 2 nitrogen and oxygen atoms in total. The number of alkyl halides is 3. The minimum absolute atomic E-state index is 0.0616. The molecule has 21 heavy (non-hydrogen) atoms. The molecule has 0 atom stereocenters. The van der Waals surface area contributed by atoms with Crippen molar-refractivity contribution in [1.29, 1.82) is 0 Å². The summed E-state index contributed by atoms with van der Waals surface area (Å²) in [5.74, 6) is -0.512. The Labute approximate surface area is 124 Å². The van der Waals surface area contributed by atoms with E-state index >= 15 is 0 Å². The van der Waals surface area contributed by atoms with Crippen molar-refractivity contribution in [1.82, 2.24) is 0 Å². The van der Waals surface area contributed by atoms with E-state index in [1.165, 1.54) is 19.1 Å². The molecular weight excluding hydrogens is 305 g/mol. The summed E-state index contributed by atoms with van der Waals surface area (Å²) in [5.41, 5.74) is 1.92. The number of hydrogen-bond donors (Lipinski definition) is 0. The third-order valence-electron chi connectivity index (χ3n) is 2.78. The lowest BCUT2D eigenvalue weighted by Crippen LogP contribution is -2.17. The fourth-order valence-corrected chi connectivity index (χ4v) is 2.00. The van der Waals surface area contributed by atoms with Gasteiger partial charge in [0, 0.05) is 5.56 Å². The van der Waals surface area contributed by atoms with Crippen LogP contribution in [0.4, 0.5) is 13.2 Å². The molecule has 0 aliphatic rings. The Morgan fingerprint density at radius 1 is 1.05 bits per heavy atom. The fraction of sp³-hybridized carbons (Fsp3) is 0.133. The number of benzene rings is 2. The first kappa shape index (κ1) is 15.4. The van der Waals surface area contributed by atoms with Gasteiger partial charge in [0.15, 0.2) is 5.78 Å². The van der Waals surface area contributed by atoms with Gasteiger partial charge in [-0.1, -0.05) is 41.9 Å². The molecule has 0 spiro atoms. The quantitative estimate of drug-likeness (QED) is 0.736. The van der Waals surface area contributed by atoms with E-state index in [0.717, 1.165) is 11.6 Å². The predicted octanol–water partition coefficient (Wildman–Crippen LogP) is 5.11. The molecule has 110 valence electrons. The molecule has 0 heterocycles. The second-order valence-electron chi connectivity index (χ2n) is 4.33. The van der Waals surface area contributed by atoms with Crippen molar-refractivity contribution in [2.75, 3.05) is 0 Å². The Morgan fingerprint density at radius 2 is 1.62 bits per heavy atom. The summed E-state index contributed by atoms with van der Waals surface area (Å²) >= 11 is 5.79. The smallest absolute Gasteiger partial charge is 0.404 e. The first-order chi connectivity index (χ1) is 9.76. The van der Waals surface area contributed by atoms with E-state index in [0.29, 0.717) is 11.1 Å². The Morgan fingerprint density at radius 3 is 2.10 bits per heavy atom. The molecule has 0 aliphatic carbocycles. The van der Waals surface area contributed by atoms with Crippen LogP contribution in [-0.4, -0.2) is 12.1 Å². The van der Waals surface area contributed by atoms with Gasteiger partial charge in [-0.25, -0.2) is 0 Å².